The highest BCUT2D eigenvalue weighted by molar-refractivity contribution is 6.31. The zero-order chi connectivity index (χ0) is 12.1. The zero-order valence-corrected chi connectivity index (χ0v) is 9.59. The standard InChI is InChI=1S/C11H13ClFNO2/c1-7(15)6-14-11(16)5-8-9(12)3-2-4-10(8)13/h2-4,7,15H,5-6H2,1H3,(H,14,16)/t7-/m0/s1. The van der Waals surface area contributed by atoms with Crippen molar-refractivity contribution in [1.29, 1.82) is 0 Å². The average molecular weight is 246 g/mol. The summed E-state index contributed by atoms with van der Waals surface area (Å²) in [6, 6.07) is 4.26. The maximum absolute atomic E-state index is 13.3. The second-order valence-corrected chi connectivity index (χ2v) is 3.94. The van der Waals surface area contributed by atoms with E-state index in [4.69, 9.17) is 16.7 Å². The molecule has 16 heavy (non-hydrogen) atoms. The van der Waals surface area contributed by atoms with Crippen molar-refractivity contribution in [1.82, 2.24) is 5.32 Å². The van der Waals surface area contributed by atoms with Crippen LogP contribution in [0.4, 0.5) is 4.39 Å². The number of rotatable bonds is 4. The van der Waals surface area contributed by atoms with Crippen LogP contribution in [0.25, 0.3) is 0 Å². The fourth-order valence-electron chi connectivity index (χ4n) is 1.19. The molecule has 0 aromatic heterocycles. The van der Waals surface area contributed by atoms with Gasteiger partial charge in [-0.25, -0.2) is 4.39 Å². The van der Waals surface area contributed by atoms with Crippen LogP contribution in [-0.2, 0) is 11.2 Å². The first kappa shape index (κ1) is 12.9. The summed E-state index contributed by atoms with van der Waals surface area (Å²) in [7, 11) is 0. The lowest BCUT2D eigenvalue weighted by Crippen LogP contribution is -2.31. The summed E-state index contributed by atoms with van der Waals surface area (Å²) in [5, 5.41) is 11.7. The molecule has 1 atom stereocenters. The first-order valence-corrected chi connectivity index (χ1v) is 5.26. The number of benzene rings is 1. The van der Waals surface area contributed by atoms with Gasteiger partial charge in [0.2, 0.25) is 5.91 Å². The SMILES string of the molecule is C[C@H](O)CNC(=O)Cc1c(F)cccc1Cl. The van der Waals surface area contributed by atoms with Gasteiger partial charge in [0.15, 0.2) is 0 Å². The second-order valence-electron chi connectivity index (χ2n) is 3.53. The maximum atomic E-state index is 13.3. The van der Waals surface area contributed by atoms with Crippen LogP contribution in [0.5, 0.6) is 0 Å². The predicted molar refractivity (Wildman–Crippen MR) is 59.8 cm³/mol. The molecule has 0 saturated heterocycles. The third-order valence-corrected chi connectivity index (χ3v) is 2.35. The van der Waals surface area contributed by atoms with E-state index in [0.717, 1.165) is 0 Å². The molecule has 0 spiro atoms. The van der Waals surface area contributed by atoms with E-state index in [1.807, 2.05) is 0 Å². The summed E-state index contributed by atoms with van der Waals surface area (Å²) in [5.41, 5.74) is 0.173. The highest BCUT2D eigenvalue weighted by atomic mass is 35.5. The van der Waals surface area contributed by atoms with Crippen LogP contribution in [0.15, 0.2) is 18.2 Å². The Hall–Kier alpha value is -1.13. The van der Waals surface area contributed by atoms with E-state index in [1.54, 1.807) is 6.92 Å². The van der Waals surface area contributed by atoms with Gasteiger partial charge in [-0.15, -0.1) is 0 Å². The normalized spacial score (nSPS) is 12.2. The van der Waals surface area contributed by atoms with Crippen molar-refractivity contribution in [2.24, 2.45) is 0 Å². The van der Waals surface area contributed by atoms with Gasteiger partial charge in [0.1, 0.15) is 5.82 Å². The molecule has 3 nitrogen and oxygen atoms in total. The van der Waals surface area contributed by atoms with E-state index in [9.17, 15) is 9.18 Å². The summed E-state index contributed by atoms with van der Waals surface area (Å²) in [6.45, 7) is 1.70. The number of hydrogen-bond donors (Lipinski definition) is 2. The Labute approximate surface area is 98.2 Å². The van der Waals surface area contributed by atoms with Gasteiger partial charge in [-0.2, -0.15) is 0 Å². The quantitative estimate of drug-likeness (QED) is 0.845. The van der Waals surface area contributed by atoms with Crippen LogP contribution in [0.2, 0.25) is 5.02 Å². The molecule has 1 aromatic rings. The van der Waals surface area contributed by atoms with E-state index in [-0.39, 0.29) is 29.5 Å². The smallest absolute Gasteiger partial charge is 0.224 e. The minimum absolute atomic E-state index is 0.127. The van der Waals surface area contributed by atoms with Crippen molar-refractivity contribution < 1.29 is 14.3 Å². The number of aliphatic hydroxyl groups is 1. The van der Waals surface area contributed by atoms with Gasteiger partial charge in [-0.3, -0.25) is 4.79 Å². The summed E-state index contributed by atoms with van der Waals surface area (Å²) in [4.78, 5) is 11.4. The highest BCUT2D eigenvalue weighted by Gasteiger charge is 2.11. The van der Waals surface area contributed by atoms with Crippen LogP contribution in [0.1, 0.15) is 12.5 Å². The van der Waals surface area contributed by atoms with E-state index in [1.165, 1.54) is 18.2 Å². The Bertz CT molecular complexity index is 362. The lowest BCUT2D eigenvalue weighted by atomic mass is 10.1. The van der Waals surface area contributed by atoms with Crippen LogP contribution >= 0.6 is 11.6 Å². The maximum Gasteiger partial charge on any atom is 0.224 e. The Kier molecular flexibility index (Phi) is 4.71. The fraction of sp³-hybridized carbons (Fsp3) is 0.364. The summed E-state index contributed by atoms with van der Waals surface area (Å²) < 4.78 is 13.3. The van der Waals surface area contributed by atoms with E-state index >= 15 is 0 Å². The van der Waals surface area contributed by atoms with Crippen LogP contribution < -0.4 is 5.32 Å². The van der Waals surface area contributed by atoms with Gasteiger partial charge in [0.25, 0.3) is 0 Å². The molecule has 0 radical (unpaired) electrons. The molecule has 0 heterocycles. The first-order valence-electron chi connectivity index (χ1n) is 4.88. The molecule has 1 aromatic carbocycles. The molecule has 0 saturated carbocycles. The lowest BCUT2D eigenvalue weighted by molar-refractivity contribution is -0.120. The monoisotopic (exact) mass is 245 g/mol. The molecular weight excluding hydrogens is 233 g/mol. The largest absolute Gasteiger partial charge is 0.392 e. The number of amides is 1. The van der Waals surface area contributed by atoms with Crippen molar-refractivity contribution in [2.45, 2.75) is 19.4 Å². The Morgan fingerprint density at radius 1 is 1.62 bits per heavy atom. The summed E-state index contributed by atoms with van der Waals surface area (Å²) >= 11 is 5.77. The van der Waals surface area contributed by atoms with Crippen molar-refractivity contribution in [2.75, 3.05) is 6.54 Å². The summed E-state index contributed by atoms with van der Waals surface area (Å²) in [6.07, 6.45) is -0.752. The topological polar surface area (TPSA) is 49.3 Å². The number of carbonyl (C=O) groups is 1. The number of nitrogens with one attached hydrogen (secondary N) is 1. The van der Waals surface area contributed by atoms with Crippen molar-refractivity contribution in [3.05, 3.63) is 34.6 Å². The highest BCUT2D eigenvalue weighted by Crippen LogP contribution is 2.19. The Morgan fingerprint density at radius 2 is 2.31 bits per heavy atom. The van der Waals surface area contributed by atoms with Gasteiger partial charge in [-0.1, -0.05) is 17.7 Å². The molecule has 0 aliphatic rings. The van der Waals surface area contributed by atoms with Gasteiger partial charge in [-0.05, 0) is 19.1 Å². The Balaban J connectivity index is 2.63. The molecule has 1 rings (SSSR count). The van der Waals surface area contributed by atoms with E-state index in [0.29, 0.717) is 0 Å². The van der Waals surface area contributed by atoms with Crippen LogP contribution in [0, 0.1) is 5.82 Å². The van der Waals surface area contributed by atoms with Crippen LogP contribution in [0.3, 0.4) is 0 Å². The molecule has 0 fully saturated rings. The van der Waals surface area contributed by atoms with Gasteiger partial charge >= 0.3 is 0 Å². The van der Waals surface area contributed by atoms with Crippen molar-refractivity contribution >= 4 is 17.5 Å². The first-order chi connectivity index (χ1) is 7.50. The molecule has 1 amide bonds. The number of hydrogen-bond acceptors (Lipinski definition) is 2. The molecule has 5 heteroatoms. The molecule has 0 bridgehead atoms. The number of halogens is 2. The molecule has 88 valence electrons. The molecular formula is C11H13ClFNO2. The van der Waals surface area contributed by atoms with Gasteiger partial charge in [0, 0.05) is 17.1 Å². The third-order valence-electron chi connectivity index (χ3n) is 1.99. The van der Waals surface area contributed by atoms with E-state index < -0.39 is 11.9 Å². The minimum atomic E-state index is -0.625. The molecule has 0 unspecified atom stereocenters. The van der Waals surface area contributed by atoms with E-state index in [2.05, 4.69) is 5.32 Å². The molecule has 0 aliphatic heterocycles. The zero-order valence-electron chi connectivity index (χ0n) is 8.84. The molecule has 2 N–H and O–H groups in total. The van der Waals surface area contributed by atoms with Crippen LogP contribution in [-0.4, -0.2) is 23.7 Å². The van der Waals surface area contributed by atoms with Gasteiger partial charge in [0.05, 0.1) is 12.5 Å². The Morgan fingerprint density at radius 3 is 2.88 bits per heavy atom. The van der Waals surface area contributed by atoms with Crippen molar-refractivity contribution in [3.8, 4) is 0 Å². The minimum Gasteiger partial charge on any atom is -0.392 e. The predicted octanol–water partition coefficient (Wildman–Crippen LogP) is 1.52. The summed E-state index contributed by atoms with van der Waals surface area (Å²) in [5.74, 6) is -0.868. The van der Waals surface area contributed by atoms with Gasteiger partial charge < -0.3 is 10.4 Å². The average Bonchev–Trinajstić information content (AvgIpc) is 2.21. The fourth-order valence-corrected chi connectivity index (χ4v) is 1.42. The molecule has 0 aliphatic carbocycles. The second kappa shape index (κ2) is 5.82. The number of aliphatic hydroxyl groups excluding tert-OH is 1. The van der Waals surface area contributed by atoms with Crippen molar-refractivity contribution in [3.63, 3.8) is 0 Å². The lowest BCUT2D eigenvalue weighted by Gasteiger charge is -2.08. The third kappa shape index (κ3) is 3.79. The number of carbonyl (C=O) groups excluding carboxylic acids is 1.